The van der Waals surface area contributed by atoms with Crippen LogP contribution >= 0.6 is 0 Å². The topological polar surface area (TPSA) is 52.7 Å². The van der Waals surface area contributed by atoms with Crippen molar-refractivity contribution in [1.82, 2.24) is 19.6 Å². The van der Waals surface area contributed by atoms with Crippen LogP contribution in [0, 0.1) is 5.82 Å². The molecule has 1 aromatic carbocycles. The molecule has 2 aromatic heterocycles. The number of halogens is 1. The standard InChI is InChI=1S/C16H11FN4O/c17-12-5-3-11(4-6-12)16(22)15-8-13-2-1-7-20(13)10-14-9-18-19-21(14)15/h1-9H,10H2. The molecule has 0 fully saturated rings. The Hall–Kier alpha value is -3.02. The second-order valence-electron chi connectivity index (χ2n) is 5.06. The van der Waals surface area contributed by atoms with Crippen molar-refractivity contribution in [2.24, 2.45) is 0 Å². The molecule has 0 N–H and O–H groups in total. The van der Waals surface area contributed by atoms with Gasteiger partial charge in [0.1, 0.15) is 11.5 Å². The summed E-state index contributed by atoms with van der Waals surface area (Å²) >= 11 is 0. The summed E-state index contributed by atoms with van der Waals surface area (Å²) in [6, 6.07) is 9.34. The molecule has 1 aliphatic heterocycles. The molecule has 3 heterocycles. The summed E-state index contributed by atoms with van der Waals surface area (Å²) in [5.74, 6) is -0.594. The summed E-state index contributed by atoms with van der Waals surface area (Å²) in [4.78, 5) is 12.8. The van der Waals surface area contributed by atoms with Crippen LogP contribution in [0.4, 0.5) is 4.39 Å². The zero-order valence-corrected chi connectivity index (χ0v) is 11.5. The monoisotopic (exact) mass is 294 g/mol. The Balaban J connectivity index is 1.86. The number of fused-ring (bicyclic) bond motifs is 2. The van der Waals surface area contributed by atoms with Crippen LogP contribution in [0.2, 0.25) is 0 Å². The number of aromatic nitrogens is 4. The van der Waals surface area contributed by atoms with Gasteiger partial charge in [-0.05, 0) is 42.5 Å². The predicted octanol–water partition coefficient (Wildman–Crippen LogP) is 2.46. The number of hydrogen-bond acceptors (Lipinski definition) is 3. The van der Waals surface area contributed by atoms with Gasteiger partial charge < -0.3 is 4.57 Å². The average molecular weight is 294 g/mol. The van der Waals surface area contributed by atoms with Gasteiger partial charge in [0.05, 0.1) is 18.4 Å². The van der Waals surface area contributed by atoms with Gasteiger partial charge in [-0.15, -0.1) is 5.10 Å². The van der Waals surface area contributed by atoms with Crippen molar-refractivity contribution in [3.05, 3.63) is 71.6 Å². The van der Waals surface area contributed by atoms with Crippen molar-refractivity contribution in [2.75, 3.05) is 0 Å². The molecule has 0 atom stereocenters. The van der Waals surface area contributed by atoms with Gasteiger partial charge in [0.25, 0.3) is 0 Å². The molecule has 0 bridgehead atoms. The third kappa shape index (κ3) is 1.96. The summed E-state index contributed by atoms with van der Waals surface area (Å²) in [5, 5.41) is 7.90. The SMILES string of the molecule is O=C(C1=Cc2cccn2Cc2cnnn21)c1ccc(F)cc1. The highest BCUT2D eigenvalue weighted by Gasteiger charge is 2.22. The molecular formula is C16H11FN4O. The first kappa shape index (κ1) is 12.7. The maximum Gasteiger partial charge on any atom is 0.211 e. The van der Waals surface area contributed by atoms with E-state index in [0.29, 0.717) is 17.8 Å². The normalized spacial score (nSPS) is 13.0. The molecule has 6 heteroatoms. The highest BCUT2D eigenvalue weighted by molar-refractivity contribution is 6.27. The van der Waals surface area contributed by atoms with E-state index in [-0.39, 0.29) is 11.6 Å². The zero-order chi connectivity index (χ0) is 15.1. The van der Waals surface area contributed by atoms with Gasteiger partial charge in [-0.3, -0.25) is 4.79 Å². The summed E-state index contributed by atoms with van der Waals surface area (Å²) in [6.45, 7) is 0.589. The van der Waals surface area contributed by atoms with Crippen molar-refractivity contribution < 1.29 is 9.18 Å². The quantitative estimate of drug-likeness (QED) is 0.682. The molecule has 5 nitrogen and oxygen atoms in total. The Morgan fingerprint density at radius 1 is 1.18 bits per heavy atom. The van der Waals surface area contributed by atoms with Gasteiger partial charge in [-0.1, -0.05) is 5.21 Å². The minimum Gasteiger partial charge on any atom is -0.342 e. The maximum atomic E-state index is 13.0. The van der Waals surface area contributed by atoms with E-state index in [1.165, 1.54) is 24.3 Å². The van der Waals surface area contributed by atoms with Crippen LogP contribution in [-0.4, -0.2) is 25.3 Å². The van der Waals surface area contributed by atoms with Crippen LogP contribution in [0.5, 0.6) is 0 Å². The van der Waals surface area contributed by atoms with E-state index in [4.69, 9.17) is 0 Å². The van der Waals surface area contributed by atoms with Gasteiger partial charge in [-0.2, -0.15) is 0 Å². The highest BCUT2D eigenvalue weighted by Crippen LogP contribution is 2.23. The van der Waals surface area contributed by atoms with Gasteiger partial charge in [0.2, 0.25) is 5.78 Å². The van der Waals surface area contributed by atoms with E-state index in [2.05, 4.69) is 10.3 Å². The van der Waals surface area contributed by atoms with Crippen LogP contribution in [0.1, 0.15) is 21.7 Å². The fourth-order valence-electron chi connectivity index (χ4n) is 2.56. The lowest BCUT2D eigenvalue weighted by molar-refractivity contribution is 0.105. The van der Waals surface area contributed by atoms with Gasteiger partial charge in [0, 0.05) is 17.5 Å². The molecule has 0 saturated carbocycles. The van der Waals surface area contributed by atoms with Crippen LogP contribution in [0.25, 0.3) is 11.8 Å². The van der Waals surface area contributed by atoms with Crippen molar-refractivity contribution in [2.45, 2.75) is 6.54 Å². The lowest BCUT2D eigenvalue weighted by Gasteiger charge is -2.07. The molecule has 4 rings (SSSR count). The smallest absolute Gasteiger partial charge is 0.211 e. The molecule has 0 amide bonds. The average Bonchev–Trinajstić information content (AvgIpc) is 3.13. The van der Waals surface area contributed by atoms with Crippen LogP contribution in [0.15, 0.2) is 48.8 Å². The molecule has 108 valence electrons. The van der Waals surface area contributed by atoms with Crippen LogP contribution < -0.4 is 0 Å². The van der Waals surface area contributed by atoms with Crippen LogP contribution in [0.3, 0.4) is 0 Å². The number of ketones is 1. The van der Waals surface area contributed by atoms with Crippen molar-refractivity contribution >= 4 is 17.6 Å². The molecule has 0 saturated heterocycles. The number of carbonyl (C=O) groups excluding carboxylic acids is 1. The molecule has 0 aliphatic carbocycles. The summed E-state index contributed by atoms with van der Waals surface area (Å²) < 4.78 is 16.6. The van der Waals surface area contributed by atoms with E-state index >= 15 is 0 Å². The lowest BCUT2D eigenvalue weighted by Crippen LogP contribution is -2.12. The first-order valence-corrected chi connectivity index (χ1v) is 6.79. The summed E-state index contributed by atoms with van der Waals surface area (Å²) in [7, 11) is 0. The fourth-order valence-corrected chi connectivity index (χ4v) is 2.56. The first-order valence-electron chi connectivity index (χ1n) is 6.79. The number of Topliss-reactive ketones (excluding diaryl/α,β-unsaturated/α-hetero) is 1. The predicted molar refractivity (Wildman–Crippen MR) is 78.5 cm³/mol. The Morgan fingerprint density at radius 2 is 2.00 bits per heavy atom. The number of nitrogens with zero attached hydrogens (tertiary/aromatic N) is 4. The largest absolute Gasteiger partial charge is 0.342 e. The molecule has 0 radical (unpaired) electrons. The van der Waals surface area contributed by atoms with E-state index in [1.807, 2.05) is 22.9 Å². The molecular weight excluding hydrogens is 283 g/mol. The third-order valence-corrected chi connectivity index (χ3v) is 3.67. The minimum atomic E-state index is -0.373. The first-order chi connectivity index (χ1) is 10.7. The fraction of sp³-hybridized carbons (Fsp3) is 0.0625. The van der Waals surface area contributed by atoms with E-state index in [9.17, 15) is 9.18 Å². The van der Waals surface area contributed by atoms with Gasteiger partial charge >= 0.3 is 0 Å². The van der Waals surface area contributed by atoms with Gasteiger partial charge in [-0.25, -0.2) is 9.07 Å². The lowest BCUT2D eigenvalue weighted by atomic mass is 10.1. The molecule has 22 heavy (non-hydrogen) atoms. The number of rotatable bonds is 2. The minimum absolute atomic E-state index is 0.221. The number of carbonyl (C=O) groups is 1. The number of allylic oxidation sites excluding steroid dienone is 1. The van der Waals surface area contributed by atoms with E-state index in [0.717, 1.165) is 11.4 Å². The zero-order valence-electron chi connectivity index (χ0n) is 11.5. The highest BCUT2D eigenvalue weighted by atomic mass is 19.1. The summed E-state index contributed by atoms with van der Waals surface area (Å²) in [6.07, 6.45) is 5.35. The Bertz CT molecular complexity index is 889. The van der Waals surface area contributed by atoms with Crippen molar-refractivity contribution in [3.8, 4) is 0 Å². The Kier molecular flexibility index (Phi) is 2.75. The van der Waals surface area contributed by atoms with E-state index in [1.54, 1.807) is 17.0 Å². The Morgan fingerprint density at radius 3 is 2.82 bits per heavy atom. The van der Waals surface area contributed by atoms with Crippen molar-refractivity contribution in [1.29, 1.82) is 0 Å². The summed E-state index contributed by atoms with van der Waals surface area (Å²) in [5.41, 5.74) is 2.54. The van der Waals surface area contributed by atoms with Gasteiger partial charge in [0.15, 0.2) is 0 Å². The maximum absolute atomic E-state index is 13.0. The molecule has 0 unspecified atom stereocenters. The van der Waals surface area contributed by atoms with Crippen LogP contribution in [-0.2, 0) is 6.54 Å². The third-order valence-electron chi connectivity index (χ3n) is 3.67. The molecule has 1 aliphatic rings. The molecule has 0 spiro atoms. The Labute approximate surface area is 125 Å². The van der Waals surface area contributed by atoms with Crippen molar-refractivity contribution in [3.63, 3.8) is 0 Å². The number of hydrogen-bond donors (Lipinski definition) is 0. The number of benzene rings is 1. The van der Waals surface area contributed by atoms with E-state index < -0.39 is 0 Å². The second-order valence-corrected chi connectivity index (χ2v) is 5.06. The molecule has 3 aromatic rings. The second kappa shape index (κ2) is 4.77.